The second-order valence-electron chi connectivity index (χ2n) is 7.00. The van der Waals surface area contributed by atoms with Crippen LogP contribution in [0.3, 0.4) is 0 Å². The number of imidazole rings is 1. The lowest BCUT2D eigenvalue weighted by molar-refractivity contribution is -0.0287. The average Bonchev–Trinajstić information content (AvgIpc) is 3.25. The van der Waals surface area contributed by atoms with Crippen LogP contribution in [0.15, 0.2) is 30.6 Å². The highest BCUT2D eigenvalue weighted by atomic mass is 16.6. The van der Waals surface area contributed by atoms with Gasteiger partial charge in [-0.2, -0.15) is 10.2 Å². The molecular weight excluding hydrogens is 388 g/mol. The third-order valence-corrected chi connectivity index (χ3v) is 4.97. The van der Waals surface area contributed by atoms with Crippen molar-refractivity contribution in [2.45, 2.75) is 45.0 Å². The van der Waals surface area contributed by atoms with Crippen LogP contribution in [0.2, 0.25) is 0 Å². The molecule has 0 bridgehead atoms. The van der Waals surface area contributed by atoms with Crippen molar-refractivity contribution in [2.75, 3.05) is 11.9 Å². The molecule has 0 aliphatic carbocycles. The van der Waals surface area contributed by atoms with Crippen LogP contribution in [-0.2, 0) is 11.3 Å². The molecule has 0 amide bonds. The fourth-order valence-corrected chi connectivity index (χ4v) is 3.39. The molecule has 0 spiro atoms. The van der Waals surface area contributed by atoms with Gasteiger partial charge in [-0.25, -0.2) is 9.97 Å². The van der Waals surface area contributed by atoms with Gasteiger partial charge in [-0.1, -0.05) is 12.1 Å². The first-order chi connectivity index (χ1) is 14.5. The lowest BCUT2D eigenvalue weighted by Gasteiger charge is -2.19. The molecule has 30 heavy (non-hydrogen) atoms. The SMILES string of the molecule is CCNc1nc2c(OCc3ccc(C#N)cc3)ncnc2n1[C@@H]1O[C@H](C)[C@@H](O)[C@H]1O. The second-order valence-corrected chi connectivity index (χ2v) is 7.00. The summed E-state index contributed by atoms with van der Waals surface area (Å²) in [4.78, 5) is 13.1. The summed E-state index contributed by atoms with van der Waals surface area (Å²) in [6, 6.07) is 9.14. The van der Waals surface area contributed by atoms with E-state index in [1.807, 2.05) is 19.1 Å². The molecule has 156 valence electrons. The summed E-state index contributed by atoms with van der Waals surface area (Å²) in [5, 5.41) is 32.6. The molecule has 10 heteroatoms. The van der Waals surface area contributed by atoms with Gasteiger partial charge in [-0.3, -0.25) is 4.57 Å². The molecule has 4 atom stereocenters. The zero-order valence-corrected chi connectivity index (χ0v) is 16.6. The molecule has 1 aromatic carbocycles. The molecule has 2 aromatic heterocycles. The van der Waals surface area contributed by atoms with E-state index in [9.17, 15) is 10.2 Å². The van der Waals surface area contributed by atoms with Crippen LogP contribution in [0.25, 0.3) is 11.2 Å². The van der Waals surface area contributed by atoms with Gasteiger partial charge in [-0.05, 0) is 31.5 Å². The number of aliphatic hydroxyl groups excluding tert-OH is 2. The summed E-state index contributed by atoms with van der Waals surface area (Å²) >= 11 is 0. The zero-order chi connectivity index (χ0) is 21.3. The summed E-state index contributed by atoms with van der Waals surface area (Å²) in [5.74, 6) is 0.713. The van der Waals surface area contributed by atoms with Gasteiger partial charge in [0.25, 0.3) is 0 Å². The van der Waals surface area contributed by atoms with Gasteiger partial charge in [0.1, 0.15) is 25.1 Å². The Morgan fingerprint density at radius 1 is 1.23 bits per heavy atom. The molecular formula is C20H22N6O4. The molecule has 1 saturated heterocycles. The quantitative estimate of drug-likeness (QED) is 0.549. The maximum atomic E-state index is 10.5. The number of aromatic nitrogens is 4. The molecule has 0 saturated carbocycles. The zero-order valence-electron chi connectivity index (χ0n) is 16.6. The summed E-state index contributed by atoms with van der Waals surface area (Å²) in [7, 11) is 0. The van der Waals surface area contributed by atoms with E-state index in [0.29, 0.717) is 29.2 Å². The topological polar surface area (TPSA) is 138 Å². The molecule has 4 rings (SSSR count). The Morgan fingerprint density at radius 2 is 2.00 bits per heavy atom. The number of rotatable bonds is 6. The first-order valence-corrected chi connectivity index (χ1v) is 9.63. The van der Waals surface area contributed by atoms with E-state index in [-0.39, 0.29) is 12.5 Å². The smallest absolute Gasteiger partial charge is 0.245 e. The van der Waals surface area contributed by atoms with Crippen molar-refractivity contribution in [2.24, 2.45) is 0 Å². The Kier molecular flexibility index (Phi) is 5.50. The lowest BCUT2D eigenvalue weighted by Crippen LogP contribution is -2.30. The number of fused-ring (bicyclic) bond motifs is 1. The van der Waals surface area contributed by atoms with Crippen molar-refractivity contribution in [1.29, 1.82) is 5.26 Å². The van der Waals surface area contributed by atoms with Crippen LogP contribution in [0, 0.1) is 11.3 Å². The van der Waals surface area contributed by atoms with Crippen molar-refractivity contribution in [3.05, 3.63) is 41.7 Å². The van der Waals surface area contributed by atoms with Crippen molar-refractivity contribution in [3.63, 3.8) is 0 Å². The predicted molar refractivity (Wildman–Crippen MR) is 107 cm³/mol. The van der Waals surface area contributed by atoms with E-state index < -0.39 is 24.5 Å². The standard InChI is InChI=1S/C20H22N6O4/c1-3-22-20-25-14-17(26(20)19-16(28)15(27)11(2)30-19)23-10-24-18(14)29-9-13-6-4-12(8-21)5-7-13/h4-7,10-11,15-16,19,27-28H,3,9H2,1-2H3,(H,22,25)/t11-,15-,16-,19-/m1/s1. The van der Waals surface area contributed by atoms with Crippen LogP contribution < -0.4 is 10.1 Å². The highest BCUT2D eigenvalue weighted by Gasteiger charge is 2.43. The maximum absolute atomic E-state index is 10.5. The number of hydrogen-bond donors (Lipinski definition) is 3. The number of nitrogens with one attached hydrogen (secondary N) is 1. The monoisotopic (exact) mass is 410 g/mol. The third kappa shape index (κ3) is 3.54. The van der Waals surface area contributed by atoms with Gasteiger partial charge in [0.05, 0.1) is 17.7 Å². The van der Waals surface area contributed by atoms with Crippen LogP contribution in [0.5, 0.6) is 5.88 Å². The molecule has 3 N–H and O–H groups in total. The summed E-state index contributed by atoms with van der Waals surface area (Å²) in [5.41, 5.74) is 2.27. The number of nitrogens with zero attached hydrogens (tertiary/aromatic N) is 5. The molecule has 3 aromatic rings. The third-order valence-electron chi connectivity index (χ3n) is 4.97. The van der Waals surface area contributed by atoms with Crippen molar-refractivity contribution < 1.29 is 19.7 Å². The van der Waals surface area contributed by atoms with Gasteiger partial charge < -0.3 is 25.0 Å². The Hall–Kier alpha value is -3.26. The Bertz CT molecular complexity index is 1080. The molecule has 1 aliphatic rings. The average molecular weight is 410 g/mol. The maximum Gasteiger partial charge on any atom is 0.245 e. The molecule has 0 radical (unpaired) electrons. The van der Waals surface area contributed by atoms with Gasteiger partial charge >= 0.3 is 0 Å². The fraction of sp³-hybridized carbons (Fsp3) is 0.400. The normalized spacial score (nSPS) is 23.4. The molecule has 0 unspecified atom stereocenters. The Balaban J connectivity index is 1.68. The van der Waals surface area contributed by atoms with Gasteiger partial charge in [0.2, 0.25) is 11.8 Å². The minimum Gasteiger partial charge on any atom is -0.471 e. The highest BCUT2D eigenvalue weighted by molar-refractivity contribution is 5.79. The van der Waals surface area contributed by atoms with Gasteiger partial charge in [-0.15, -0.1) is 0 Å². The van der Waals surface area contributed by atoms with Gasteiger partial charge in [0, 0.05) is 6.54 Å². The van der Waals surface area contributed by atoms with E-state index >= 15 is 0 Å². The van der Waals surface area contributed by atoms with Crippen LogP contribution >= 0.6 is 0 Å². The van der Waals surface area contributed by atoms with E-state index in [2.05, 4.69) is 26.3 Å². The molecule has 3 heterocycles. The Morgan fingerprint density at radius 3 is 2.63 bits per heavy atom. The summed E-state index contributed by atoms with van der Waals surface area (Å²) in [6.45, 7) is 4.43. The van der Waals surface area contributed by atoms with E-state index in [4.69, 9.17) is 14.7 Å². The molecule has 1 aliphatic heterocycles. The molecule has 10 nitrogen and oxygen atoms in total. The van der Waals surface area contributed by atoms with Gasteiger partial charge in [0.15, 0.2) is 17.4 Å². The summed E-state index contributed by atoms with van der Waals surface area (Å²) < 4.78 is 13.3. The number of hydrogen-bond acceptors (Lipinski definition) is 9. The fourth-order valence-electron chi connectivity index (χ4n) is 3.39. The number of ether oxygens (including phenoxy) is 2. The first-order valence-electron chi connectivity index (χ1n) is 9.63. The highest BCUT2D eigenvalue weighted by Crippen LogP contribution is 2.35. The Labute approximate surface area is 172 Å². The number of aliphatic hydroxyl groups is 2. The van der Waals surface area contributed by atoms with E-state index in [1.54, 1.807) is 23.6 Å². The minimum atomic E-state index is -1.13. The van der Waals surface area contributed by atoms with E-state index in [0.717, 1.165) is 5.56 Å². The molecule has 1 fully saturated rings. The minimum absolute atomic E-state index is 0.236. The number of anilines is 1. The van der Waals surface area contributed by atoms with E-state index in [1.165, 1.54) is 6.33 Å². The van der Waals surface area contributed by atoms with Crippen LogP contribution in [0.4, 0.5) is 5.95 Å². The van der Waals surface area contributed by atoms with Crippen molar-refractivity contribution in [1.82, 2.24) is 19.5 Å². The second kappa shape index (κ2) is 8.23. The summed E-state index contributed by atoms with van der Waals surface area (Å²) in [6.07, 6.45) is -2.18. The number of benzene rings is 1. The first kappa shape index (κ1) is 20.0. The predicted octanol–water partition coefficient (Wildman–Crippen LogP) is 1.35. The number of nitriles is 1. The lowest BCUT2D eigenvalue weighted by atomic mass is 10.1. The van der Waals surface area contributed by atoms with Crippen molar-refractivity contribution >= 4 is 17.1 Å². The van der Waals surface area contributed by atoms with Crippen LogP contribution in [-0.4, -0.2) is 54.6 Å². The largest absolute Gasteiger partial charge is 0.471 e. The van der Waals surface area contributed by atoms with Crippen LogP contribution in [0.1, 0.15) is 31.2 Å². The van der Waals surface area contributed by atoms with Crippen molar-refractivity contribution in [3.8, 4) is 11.9 Å².